The molecule has 0 fully saturated rings. The number of carbonyl (C=O) groups is 2. The van der Waals surface area contributed by atoms with Crippen molar-refractivity contribution >= 4 is 23.4 Å². The molecule has 0 unspecified atom stereocenters. The Morgan fingerprint density at radius 2 is 1.60 bits per heavy atom. The van der Waals surface area contributed by atoms with Gasteiger partial charge < -0.3 is 9.47 Å². The van der Waals surface area contributed by atoms with Crippen LogP contribution in [-0.4, -0.2) is 33.1 Å². The Bertz CT molecular complexity index is 535. The van der Waals surface area contributed by atoms with E-state index in [4.69, 9.17) is 11.6 Å². The highest BCUT2D eigenvalue weighted by atomic mass is 35.5. The molecule has 0 bridgehead atoms. The molecule has 0 N–H and O–H groups in total. The molecule has 0 saturated heterocycles. The summed E-state index contributed by atoms with van der Waals surface area (Å²) in [7, 11) is 4.47. The molecule has 0 amide bonds. The first-order valence-electron chi connectivity index (χ1n) is 5.45. The Balaban J connectivity index is 0.00000110. The number of ketones is 1. The molecule has 1 aromatic rings. The van der Waals surface area contributed by atoms with Crippen LogP contribution in [0.1, 0.15) is 10.4 Å². The predicted molar refractivity (Wildman–Crippen MR) is 77.6 cm³/mol. The minimum atomic E-state index is -0.651. The van der Waals surface area contributed by atoms with Gasteiger partial charge in [0, 0.05) is 24.8 Å². The van der Waals surface area contributed by atoms with Crippen molar-refractivity contribution in [2.45, 2.75) is 0 Å². The summed E-state index contributed by atoms with van der Waals surface area (Å²) < 4.78 is 8.65. The van der Waals surface area contributed by atoms with E-state index in [2.05, 4.69) is 27.9 Å². The minimum Gasteiger partial charge on any atom is -0.465 e. The monoisotopic (exact) mass is 294 g/mol. The number of halogens is 1. The highest BCUT2D eigenvalue weighted by molar-refractivity contribution is 6.30. The van der Waals surface area contributed by atoms with Crippen molar-refractivity contribution in [3.63, 3.8) is 0 Å². The van der Waals surface area contributed by atoms with E-state index in [0.29, 0.717) is 10.6 Å². The topological polar surface area (TPSA) is 52.6 Å². The van der Waals surface area contributed by atoms with Crippen LogP contribution in [0.15, 0.2) is 36.4 Å². The Morgan fingerprint density at radius 1 is 1.10 bits per heavy atom. The van der Waals surface area contributed by atoms with Crippen molar-refractivity contribution in [2.24, 2.45) is 0 Å². The quantitative estimate of drug-likeness (QED) is 0.276. The van der Waals surface area contributed by atoms with Gasteiger partial charge in [-0.25, -0.2) is 4.79 Å². The molecule has 4 nitrogen and oxygen atoms in total. The average Bonchev–Trinajstić information content (AvgIpc) is 2.45. The normalized spacial score (nSPS) is 8.40. The number of hydrogen-bond donors (Lipinski definition) is 0. The van der Waals surface area contributed by atoms with Crippen molar-refractivity contribution < 1.29 is 19.1 Å². The lowest BCUT2D eigenvalue weighted by atomic mass is 10.1. The summed E-state index contributed by atoms with van der Waals surface area (Å²) in [6, 6.07) is 6.29. The van der Waals surface area contributed by atoms with Gasteiger partial charge in [-0.3, -0.25) is 4.79 Å². The molecule has 0 aliphatic carbocycles. The average molecular weight is 295 g/mol. The zero-order valence-corrected chi connectivity index (χ0v) is 12.3. The van der Waals surface area contributed by atoms with Gasteiger partial charge in [0.25, 0.3) is 0 Å². The molecule has 0 aliphatic heterocycles. The molecule has 0 saturated carbocycles. The zero-order chi connectivity index (χ0) is 15.5. The molecule has 20 heavy (non-hydrogen) atoms. The van der Waals surface area contributed by atoms with E-state index >= 15 is 0 Å². The number of esters is 1. The van der Waals surface area contributed by atoms with E-state index in [0.717, 1.165) is 0 Å². The van der Waals surface area contributed by atoms with Crippen LogP contribution in [0.2, 0.25) is 5.02 Å². The molecule has 0 atom stereocenters. The van der Waals surface area contributed by atoms with Crippen LogP contribution in [0.25, 0.3) is 0 Å². The van der Waals surface area contributed by atoms with Crippen LogP contribution < -0.4 is 0 Å². The second kappa shape index (κ2) is 9.79. The first kappa shape index (κ1) is 17.9. The van der Waals surface area contributed by atoms with Crippen LogP contribution in [0, 0.1) is 11.8 Å². The van der Waals surface area contributed by atoms with Gasteiger partial charge in [0.2, 0.25) is 5.78 Å². The van der Waals surface area contributed by atoms with Crippen LogP contribution in [-0.2, 0) is 14.3 Å². The van der Waals surface area contributed by atoms with Crippen LogP contribution in [0.3, 0.4) is 0 Å². The van der Waals surface area contributed by atoms with Crippen molar-refractivity contribution in [3.8, 4) is 11.8 Å². The number of Topliss-reactive ketones (excluding diaryl/α,β-unsaturated/α-hetero) is 1. The third-order valence-electron chi connectivity index (χ3n) is 1.87. The third kappa shape index (κ3) is 6.74. The lowest BCUT2D eigenvalue weighted by Crippen LogP contribution is -2.02. The van der Waals surface area contributed by atoms with E-state index in [1.165, 1.54) is 7.11 Å². The molecule has 5 heteroatoms. The summed E-state index contributed by atoms with van der Waals surface area (Å²) in [6.07, 6.45) is 0. The Hall–Kier alpha value is -2.09. The Kier molecular flexibility index (Phi) is 8.77. The van der Waals surface area contributed by atoms with Crippen molar-refractivity contribution in [3.05, 3.63) is 47.0 Å². The molecular weight excluding hydrogens is 280 g/mol. The standard InChI is InChI=1S/C13H9ClO3.C2H6O/c1-9(13(16)17-2)3-8-12(15)10-4-6-11(14)7-5-10;1-3-2/h4-7H,1H2,2H3;1-2H3. The molecule has 0 radical (unpaired) electrons. The maximum atomic E-state index is 11.6. The molecule has 1 rings (SSSR count). The second-order valence-corrected chi connectivity index (χ2v) is 3.90. The molecule has 0 spiro atoms. The fraction of sp³-hybridized carbons (Fsp3) is 0.200. The summed E-state index contributed by atoms with van der Waals surface area (Å²) in [5, 5.41) is 0.536. The van der Waals surface area contributed by atoms with Gasteiger partial charge in [-0.15, -0.1) is 0 Å². The fourth-order valence-corrected chi connectivity index (χ4v) is 1.11. The molecule has 0 heterocycles. The predicted octanol–water partition coefficient (Wildman–Crippen LogP) is 2.52. The SMILES string of the molecule is C=C(C#CC(=O)c1ccc(Cl)cc1)C(=O)OC.COC. The third-order valence-corrected chi connectivity index (χ3v) is 2.12. The number of rotatable bonds is 2. The number of carbonyl (C=O) groups excluding carboxylic acids is 2. The summed E-state index contributed by atoms with van der Waals surface area (Å²) in [6.45, 7) is 3.38. The van der Waals surface area contributed by atoms with E-state index in [-0.39, 0.29) is 5.57 Å². The minimum absolute atomic E-state index is 0.0604. The van der Waals surface area contributed by atoms with Gasteiger partial charge in [0.1, 0.15) is 5.57 Å². The lowest BCUT2D eigenvalue weighted by Gasteiger charge is -1.94. The maximum absolute atomic E-state index is 11.6. The van der Waals surface area contributed by atoms with Gasteiger partial charge in [-0.05, 0) is 30.2 Å². The van der Waals surface area contributed by atoms with Gasteiger partial charge in [-0.1, -0.05) is 24.1 Å². The van der Waals surface area contributed by atoms with Crippen LogP contribution in [0.5, 0.6) is 0 Å². The smallest absolute Gasteiger partial charge is 0.345 e. The van der Waals surface area contributed by atoms with Gasteiger partial charge >= 0.3 is 5.97 Å². The number of methoxy groups -OCH3 is 2. The van der Waals surface area contributed by atoms with Crippen LogP contribution in [0.4, 0.5) is 0 Å². The molecule has 1 aromatic carbocycles. The van der Waals surface area contributed by atoms with E-state index < -0.39 is 11.8 Å². The zero-order valence-electron chi connectivity index (χ0n) is 11.5. The first-order valence-corrected chi connectivity index (χ1v) is 5.83. The second-order valence-electron chi connectivity index (χ2n) is 3.46. The van der Waals surface area contributed by atoms with Gasteiger partial charge in [0.15, 0.2) is 0 Å². The fourth-order valence-electron chi connectivity index (χ4n) is 0.980. The van der Waals surface area contributed by atoms with Gasteiger partial charge in [-0.2, -0.15) is 0 Å². The highest BCUT2D eigenvalue weighted by Crippen LogP contribution is 2.09. The molecular formula is C15H15ClO4. The Morgan fingerprint density at radius 3 is 2.05 bits per heavy atom. The van der Waals surface area contributed by atoms with Crippen molar-refractivity contribution in [1.29, 1.82) is 0 Å². The summed E-state index contributed by atoms with van der Waals surface area (Å²) >= 11 is 5.68. The van der Waals surface area contributed by atoms with E-state index in [9.17, 15) is 9.59 Å². The van der Waals surface area contributed by atoms with E-state index in [1.807, 2.05) is 0 Å². The number of hydrogen-bond acceptors (Lipinski definition) is 4. The Labute approximate surface area is 123 Å². The van der Waals surface area contributed by atoms with Crippen molar-refractivity contribution in [1.82, 2.24) is 0 Å². The molecule has 0 aliphatic rings. The number of ether oxygens (including phenoxy) is 2. The van der Waals surface area contributed by atoms with Crippen molar-refractivity contribution in [2.75, 3.05) is 21.3 Å². The van der Waals surface area contributed by atoms with Gasteiger partial charge in [0.05, 0.1) is 7.11 Å². The number of benzene rings is 1. The van der Waals surface area contributed by atoms with E-state index in [1.54, 1.807) is 38.5 Å². The lowest BCUT2D eigenvalue weighted by molar-refractivity contribution is -0.135. The molecule has 106 valence electrons. The summed E-state index contributed by atoms with van der Waals surface area (Å²) in [5.41, 5.74) is 0.342. The summed E-state index contributed by atoms with van der Waals surface area (Å²) in [5.74, 6) is 3.58. The maximum Gasteiger partial charge on any atom is 0.345 e. The highest BCUT2D eigenvalue weighted by Gasteiger charge is 2.04. The molecule has 0 aromatic heterocycles. The summed E-state index contributed by atoms with van der Waals surface area (Å²) in [4.78, 5) is 22.5. The largest absolute Gasteiger partial charge is 0.465 e. The van der Waals surface area contributed by atoms with Crippen LogP contribution >= 0.6 is 11.6 Å². The first-order chi connectivity index (χ1) is 9.46.